The second kappa shape index (κ2) is 5.18. The van der Waals surface area contributed by atoms with Crippen LogP contribution in [0.1, 0.15) is 11.8 Å². The number of amides is 1. The van der Waals surface area contributed by atoms with Crippen LogP contribution < -0.4 is 11.1 Å². The van der Waals surface area contributed by atoms with E-state index in [9.17, 15) is 4.79 Å². The monoisotopic (exact) mass is 200 g/mol. The van der Waals surface area contributed by atoms with Crippen LogP contribution in [-0.2, 0) is 11.3 Å². The number of nitrogens with zero attached hydrogens (tertiary/aromatic N) is 2. The van der Waals surface area contributed by atoms with Crippen molar-refractivity contribution in [2.45, 2.75) is 13.5 Å². The van der Waals surface area contributed by atoms with Crippen molar-refractivity contribution in [1.29, 1.82) is 0 Å². The van der Waals surface area contributed by atoms with Crippen LogP contribution in [-0.4, -0.2) is 29.4 Å². The Balaban J connectivity index is 2.07. The molecule has 0 saturated heterocycles. The lowest BCUT2D eigenvalue weighted by molar-refractivity contribution is 0.157. The fourth-order valence-electron chi connectivity index (χ4n) is 0.828. The molecule has 1 aromatic heterocycles. The van der Waals surface area contributed by atoms with Crippen molar-refractivity contribution >= 4 is 6.09 Å². The van der Waals surface area contributed by atoms with E-state index in [1.807, 2.05) is 0 Å². The molecule has 0 radical (unpaired) electrons. The number of hydrogen-bond acceptors (Lipinski definition) is 6. The Hall–Kier alpha value is -1.63. The number of primary amides is 1. The highest BCUT2D eigenvalue weighted by Gasteiger charge is 2.00. The minimum absolute atomic E-state index is 0.225. The third-order valence-electron chi connectivity index (χ3n) is 1.37. The average Bonchev–Trinajstić information content (AvgIpc) is 2.50. The number of nitrogens with one attached hydrogen (secondary N) is 1. The van der Waals surface area contributed by atoms with Gasteiger partial charge < -0.3 is 20.2 Å². The van der Waals surface area contributed by atoms with Gasteiger partial charge >= 0.3 is 6.09 Å². The van der Waals surface area contributed by atoms with Crippen molar-refractivity contribution in [2.24, 2.45) is 5.73 Å². The molecule has 0 aliphatic rings. The highest BCUT2D eigenvalue weighted by atomic mass is 16.5. The molecular weight excluding hydrogens is 188 g/mol. The number of rotatable bonds is 5. The number of nitrogens with two attached hydrogens (primary N) is 1. The number of ether oxygens (including phenoxy) is 1. The van der Waals surface area contributed by atoms with Crippen LogP contribution >= 0.6 is 0 Å². The summed E-state index contributed by atoms with van der Waals surface area (Å²) in [5.41, 5.74) is 4.76. The van der Waals surface area contributed by atoms with Crippen LogP contribution in [0.2, 0.25) is 0 Å². The number of aryl methyl sites for hydroxylation is 1. The standard InChI is InChI=1S/C7H12N4O3/c1-5-10-11-6(14-5)4-9-2-3-13-7(8)12/h9H,2-4H2,1H3,(H2,8,12). The van der Waals surface area contributed by atoms with Gasteiger partial charge in [0.2, 0.25) is 11.8 Å². The summed E-state index contributed by atoms with van der Waals surface area (Å²) >= 11 is 0. The SMILES string of the molecule is Cc1nnc(CNCCOC(N)=O)o1. The lowest BCUT2D eigenvalue weighted by Crippen LogP contribution is -2.23. The molecule has 1 amide bonds. The second-order valence-corrected chi connectivity index (χ2v) is 2.56. The van der Waals surface area contributed by atoms with Crippen molar-refractivity contribution < 1.29 is 13.9 Å². The fraction of sp³-hybridized carbons (Fsp3) is 0.571. The second-order valence-electron chi connectivity index (χ2n) is 2.56. The van der Waals surface area contributed by atoms with E-state index in [4.69, 9.17) is 10.2 Å². The fourth-order valence-corrected chi connectivity index (χ4v) is 0.828. The molecule has 0 fully saturated rings. The van der Waals surface area contributed by atoms with Gasteiger partial charge in [0.05, 0.1) is 6.54 Å². The molecule has 0 aliphatic heterocycles. The van der Waals surface area contributed by atoms with E-state index < -0.39 is 6.09 Å². The van der Waals surface area contributed by atoms with Crippen molar-refractivity contribution in [3.63, 3.8) is 0 Å². The van der Waals surface area contributed by atoms with Crippen LogP contribution in [0, 0.1) is 6.92 Å². The predicted molar refractivity (Wildman–Crippen MR) is 46.3 cm³/mol. The van der Waals surface area contributed by atoms with E-state index in [1.54, 1.807) is 6.92 Å². The zero-order valence-corrected chi connectivity index (χ0v) is 7.82. The van der Waals surface area contributed by atoms with Crippen molar-refractivity contribution in [1.82, 2.24) is 15.5 Å². The molecule has 0 aliphatic carbocycles. The number of carbonyl (C=O) groups is 1. The van der Waals surface area contributed by atoms with Gasteiger partial charge in [-0.05, 0) is 0 Å². The third-order valence-corrected chi connectivity index (χ3v) is 1.37. The van der Waals surface area contributed by atoms with Gasteiger partial charge in [0.15, 0.2) is 0 Å². The van der Waals surface area contributed by atoms with E-state index in [1.165, 1.54) is 0 Å². The summed E-state index contributed by atoms with van der Waals surface area (Å²) in [4.78, 5) is 10.2. The molecular formula is C7H12N4O3. The van der Waals surface area contributed by atoms with Gasteiger partial charge in [-0.25, -0.2) is 4.79 Å². The van der Waals surface area contributed by atoms with Gasteiger partial charge in [-0.2, -0.15) is 0 Å². The van der Waals surface area contributed by atoms with E-state index in [0.717, 1.165) is 0 Å². The molecule has 7 nitrogen and oxygen atoms in total. The Kier molecular flexibility index (Phi) is 3.86. The third kappa shape index (κ3) is 3.85. The molecule has 0 atom stereocenters. The van der Waals surface area contributed by atoms with Crippen molar-refractivity contribution in [3.05, 3.63) is 11.8 Å². The Morgan fingerprint density at radius 3 is 3.00 bits per heavy atom. The molecule has 0 bridgehead atoms. The maximum Gasteiger partial charge on any atom is 0.404 e. The van der Waals surface area contributed by atoms with E-state index in [-0.39, 0.29) is 6.61 Å². The zero-order valence-electron chi connectivity index (χ0n) is 7.82. The van der Waals surface area contributed by atoms with Gasteiger partial charge in [0.25, 0.3) is 0 Å². The quantitative estimate of drug-likeness (QED) is 0.624. The lowest BCUT2D eigenvalue weighted by Gasteiger charge is -2.01. The summed E-state index contributed by atoms with van der Waals surface area (Å²) in [5.74, 6) is 1.02. The minimum Gasteiger partial charge on any atom is -0.448 e. The zero-order chi connectivity index (χ0) is 10.4. The number of carbonyl (C=O) groups excluding carboxylic acids is 1. The van der Waals surface area contributed by atoms with Gasteiger partial charge in [-0.1, -0.05) is 0 Å². The van der Waals surface area contributed by atoms with Crippen LogP contribution in [0.5, 0.6) is 0 Å². The molecule has 3 N–H and O–H groups in total. The summed E-state index contributed by atoms with van der Waals surface area (Å²) in [6, 6.07) is 0. The first kappa shape index (κ1) is 10.5. The minimum atomic E-state index is -0.777. The van der Waals surface area contributed by atoms with Gasteiger partial charge in [-0.15, -0.1) is 10.2 Å². The molecule has 1 heterocycles. The van der Waals surface area contributed by atoms with Crippen LogP contribution in [0.15, 0.2) is 4.42 Å². The van der Waals surface area contributed by atoms with Crippen LogP contribution in [0.4, 0.5) is 4.79 Å². The normalized spacial score (nSPS) is 10.1. The molecule has 0 unspecified atom stereocenters. The summed E-state index contributed by atoms with van der Waals surface area (Å²) in [6.07, 6.45) is -0.777. The Bertz CT molecular complexity index is 299. The molecule has 0 spiro atoms. The molecule has 0 saturated carbocycles. The molecule has 78 valence electrons. The largest absolute Gasteiger partial charge is 0.448 e. The van der Waals surface area contributed by atoms with Gasteiger partial charge in [0, 0.05) is 13.5 Å². The average molecular weight is 200 g/mol. The number of aromatic nitrogens is 2. The van der Waals surface area contributed by atoms with Crippen LogP contribution in [0.3, 0.4) is 0 Å². The van der Waals surface area contributed by atoms with Gasteiger partial charge in [0.1, 0.15) is 6.61 Å². The molecule has 1 rings (SSSR count). The summed E-state index contributed by atoms with van der Waals surface area (Å²) in [7, 11) is 0. The maximum absolute atomic E-state index is 10.2. The number of hydrogen-bond donors (Lipinski definition) is 2. The summed E-state index contributed by atoms with van der Waals surface area (Å²) < 4.78 is 9.59. The summed E-state index contributed by atoms with van der Waals surface area (Å²) in [5, 5.41) is 10.4. The maximum atomic E-state index is 10.2. The van der Waals surface area contributed by atoms with Crippen LogP contribution in [0.25, 0.3) is 0 Å². The van der Waals surface area contributed by atoms with Crippen molar-refractivity contribution in [3.8, 4) is 0 Å². The Morgan fingerprint density at radius 1 is 1.64 bits per heavy atom. The first-order valence-corrected chi connectivity index (χ1v) is 4.10. The predicted octanol–water partition coefficient (Wildman–Crippen LogP) is -0.437. The lowest BCUT2D eigenvalue weighted by atomic mass is 10.6. The molecule has 7 heteroatoms. The van der Waals surface area contributed by atoms with Crippen molar-refractivity contribution in [2.75, 3.05) is 13.2 Å². The smallest absolute Gasteiger partial charge is 0.404 e. The molecule has 0 aromatic carbocycles. The summed E-state index contributed by atoms with van der Waals surface area (Å²) in [6.45, 7) is 2.88. The van der Waals surface area contributed by atoms with Gasteiger partial charge in [-0.3, -0.25) is 0 Å². The Labute approximate surface area is 80.6 Å². The highest BCUT2D eigenvalue weighted by molar-refractivity contribution is 5.64. The highest BCUT2D eigenvalue weighted by Crippen LogP contribution is 1.95. The topological polar surface area (TPSA) is 103 Å². The molecule has 14 heavy (non-hydrogen) atoms. The van der Waals surface area contributed by atoms with E-state index in [0.29, 0.717) is 24.9 Å². The van der Waals surface area contributed by atoms with E-state index >= 15 is 0 Å². The Morgan fingerprint density at radius 2 is 2.43 bits per heavy atom. The first-order valence-electron chi connectivity index (χ1n) is 4.10. The molecule has 1 aromatic rings. The van der Waals surface area contributed by atoms with E-state index in [2.05, 4.69) is 20.3 Å². The first-order chi connectivity index (χ1) is 6.68.